The largest absolute Gasteiger partial charge is 0.256 e. The molecule has 0 radical (unpaired) electrons. The van der Waals surface area contributed by atoms with Gasteiger partial charge in [-0.25, -0.2) is 0 Å². The highest BCUT2D eigenvalue weighted by Gasteiger charge is 1.90. The molecule has 0 saturated heterocycles. The van der Waals surface area contributed by atoms with Crippen LogP contribution in [0.2, 0.25) is 0 Å². The van der Waals surface area contributed by atoms with Crippen LogP contribution in [0.3, 0.4) is 0 Å². The van der Waals surface area contributed by atoms with Gasteiger partial charge >= 0.3 is 0 Å². The van der Waals surface area contributed by atoms with Crippen molar-refractivity contribution in [2.24, 2.45) is 0 Å². The third-order valence-corrected chi connectivity index (χ3v) is 1.35. The molecule has 0 bridgehead atoms. The van der Waals surface area contributed by atoms with E-state index in [0.717, 1.165) is 10.2 Å². The Hall–Kier alpha value is -0.630. The second-order valence-electron chi connectivity index (χ2n) is 1.62. The van der Waals surface area contributed by atoms with E-state index in [1.54, 1.807) is 6.20 Å². The first kappa shape index (κ1) is 6.49. The van der Waals surface area contributed by atoms with Crippen molar-refractivity contribution >= 4 is 20.4 Å². The molecule has 1 aromatic rings. The van der Waals surface area contributed by atoms with Crippen LogP contribution in [-0.2, 0) is 0 Å². The zero-order valence-electron chi connectivity index (χ0n) is 4.84. The van der Waals surface area contributed by atoms with Gasteiger partial charge in [0.05, 0.1) is 5.69 Å². The van der Waals surface area contributed by atoms with Crippen molar-refractivity contribution in [3.05, 3.63) is 36.7 Å². The predicted molar refractivity (Wildman–Crippen MR) is 42.2 cm³/mol. The van der Waals surface area contributed by atoms with Crippen molar-refractivity contribution in [2.75, 3.05) is 0 Å². The van der Waals surface area contributed by atoms with E-state index < -0.39 is 0 Å². The molecular formula is C7H6BrN. The summed E-state index contributed by atoms with van der Waals surface area (Å²) >= 11 is 3.23. The molecule has 0 aliphatic rings. The molecule has 0 aromatic carbocycles. The normalized spacial score (nSPS) is 9.00. The van der Waals surface area contributed by atoms with Crippen LogP contribution < -0.4 is 0 Å². The van der Waals surface area contributed by atoms with Crippen molar-refractivity contribution in [3.8, 4) is 0 Å². The minimum Gasteiger partial charge on any atom is -0.256 e. The van der Waals surface area contributed by atoms with Gasteiger partial charge < -0.3 is 0 Å². The van der Waals surface area contributed by atoms with Gasteiger partial charge in [0.1, 0.15) is 0 Å². The van der Waals surface area contributed by atoms with Gasteiger partial charge in [-0.1, -0.05) is 12.6 Å². The molecule has 9 heavy (non-hydrogen) atoms. The molecule has 0 aliphatic carbocycles. The van der Waals surface area contributed by atoms with Gasteiger partial charge in [-0.2, -0.15) is 0 Å². The van der Waals surface area contributed by atoms with Crippen LogP contribution in [-0.4, -0.2) is 4.98 Å². The van der Waals surface area contributed by atoms with Crippen LogP contribution in [0.5, 0.6) is 0 Å². The summed E-state index contributed by atoms with van der Waals surface area (Å²) in [7, 11) is 0. The molecule has 0 aliphatic heterocycles. The molecule has 0 unspecified atom stereocenters. The highest BCUT2D eigenvalue weighted by atomic mass is 79.9. The molecule has 0 fully saturated rings. The summed E-state index contributed by atoms with van der Waals surface area (Å²) < 4.78 is 0.822. The van der Waals surface area contributed by atoms with E-state index in [1.165, 1.54) is 0 Å². The molecule has 1 aromatic heterocycles. The van der Waals surface area contributed by atoms with Crippen molar-refractivity contribution < 1.29 is 0 Å². The van der Waals surface area contributed by atoms with E-state index in [2.05, 4.69) is 27.5 Å². The number of hydrogen-bond donors (Lipinski definition) is 0. The number of rotatable bonds is 1. The van der Waals surface area contributed by atoms with Crippen molar-refractivity contribution in [1.82, 2.24) is 4.98 Å². The summed E-state index contributed by atoms with van der Waals surface area (Å²) in [6.45, 7) is 3.68. The number of nitrogens with zero attached hydrogens (tertiary/aromatic N) is 1. The molecule has 0 N–H and O–H groups in total. The monoisotopic (exact) mass is 183 g/mol. The molecular weight excluding hydrogens is 178 g/mol. The summed E-state index contributed by atoms with van der Waals surface area (Å²) in [5.74, 6) is 0. The minimum absolute atomic E-state index is 0.822. The van der Waals surface area contributed by atoms with Crippen LogP contribution in [0.4, 0.5) is 0 Å². The standard InChI is InChI=1S/C7H6BrN/c1-6(8)7-4-2-3-5-9-7/h2-5H,1H2. The fourth-order valence-corrected chi connectivity index (χ4v) is 0.758. The fourth-order valence-electron chi connectivity index (χ4n) is 0.523. The SMILES string of the molecule is C=C(Br)c1ccccn1. The lowest BCUT2D eigenvalue weighted by atomic mass is 10.3. The summed E-state index contributed by atoms with van der Waals surface area (Å²) in [5, 5.41) is 0. The Morgan fingerprint density at radius 2 is 2.33 bits per heavy atom. The van der Waals surface area contributed by atoms with E-state index in [4.69, 9.17) is 0 Å². The first-order chi connectivity index (χ1) is 4.30. The molecule has 46 valence electrons. The summed E-state index contributed by atoms with van der Waals surface area (Å²) in [6, 6.07) is 5.70. The highest BCUT2D eigenvalue weighted by molar-refractivity contribution is 9.15. The summed E-state index contributed by atoms with van der Waals surface area (Å²) in [4.78, 5) is 4.03. The Kier molecular flexibility index (Phi) is 2.01. The molecule has 0 spiro atoms. The summed E-state index contributed by atoms with van der Waals surface area (Å²) in [6.07, 6.45) is 1.74. The Bertz CT molecular complexity index is 205. The van der Waals surface area contributed by atoms with Gasteiger partial charge in [0.15, 0.2) is 0 Å². The topological polar surface area (TPSA) is 12.9 Å². The van der Waals surface area contributed by atoms with E-state index in [9.17, 15) is 0 Å². The van der Waals surface area contributed by atoms with Crippen molar-refractivity contribution in [1.29, 1.82) is 0 Å². The van der Waals surface area contributed by atoms with Gasteiger partial charge in [-0.3, -0.25) is 4.98 Å². The Morgan fingerprint density at radius 1 is 1.56 bits per heavy atom. The number of pyridine rings is 1. The second-order valence-corrected chi connectivity index (χ2v) is 2.58. The fraction of sp³-hybridized carbons (Fsp3) is 0. The molecule has 2 heteroatoms. The van der Waals surface area contributed by atoms with Gasteiger partial charge in [0, 0.05) is 10.7 Å². The zero-order chi connectivity index (χ0) is 6.69. The van der Waals surface area contributed by atoms with Gasteiger partial charge in [-0.15, -0.1) is 0 Å². The number of aromatic nitrogens is 1. The predicted octanol–water partition coefficient (Wildman–Crippen LogP) is 2.45. The van der Waals surface area contributed by atoms with E-state index in [0.29, 0.717) is 0 Å². The van der Waals surface area contributed by atoms with Gasteiger partial charge in [0.25, 0.3) is 0 Å². The first-order valence-corrected chi connectivity index (χ1v) is 3.36. The quantitative estimate of drug-likeness (QED) is 0.653. The van der Waals surface area contributed by atoms with Crippen LogP contribution in [0.1, 0.15) is 5.69 Å². The van der Waals surface area contributed by atoms with Gasteiger partial charge in [0.2, 0.25) is 0 Å². The lowest BCUT2D eigenvalue weighted by Crippen LogP contribution is -1.77. The first-order valence-electron chi connectivity index (χ1n) is 2.56. The number of hydrogen-bond acceptors (Lipinski definition) is 1. The Morgan fingerprint density at radius 3 is 2.67 bits per heavy atom. The maximum atomic E-state index is 4.03. The third kappa shape index (κ3) is 1.64. The van der Waals surface area contributed by atoms with E-state index in [1.807, 2.05) is 18.2 Å². The Balaban J connectivity index is 2.98. The van der Waals surface area contributed by atoms with Gasteiger partial charge in [-0.05, 0) is 28.1 Å². The Labute approximate surface area is 62.6 Å². The molecule has 0 amide bonds. The third-order valence-electron chi connectivity index (χ3n) is 0.943. The van der Waals surface area contributed by atoms with E-state index >= 15 is 0 Å². The molecule has 1 rings (SSSR count). The van der Waals surface area contributed by atoms with Crippen LogP contribution >= 0.6 is 15.9 Å². The molecule has 0 atom stereocenters. The van der Waals surface area contributed by atoms with E-state index in [-0.39, 0.29) is 0 Å². The lowest BCUT2D eigenvalue weighted by molar-refractivity contribution is 1.29. The molecule has 0 saturated carbocycles. The minimum atomic E-state index is 0.822. The maximum Gasteiger partial charge on any atom is 0.0765 e. The highest BCUT2D eigenvalue weighted by Crippen LogP contribution is 2.13. The van der Waals surface area contributed by atoms with Crippen LogP contribution in [0, 0.1) is 0 Å². The maximum absolute atomic E-state index is 4.03. The average molecular weight is 184 g/mol. The average Bonchev–Trinajstić information content (AvgIpc) is 1.90. The van der Waals surface area contributed by atoms with Crippen molar-refractivity contribution in [2.45, 2.75) is 0 Å². The van der Waals surface area contributed by atoms with Crippen molar-refractivity contribution in [3.63, 3.8) is 0 Å². The zero-order valence-corrected chi connectivity index (χ0v) is 6.43. The molecule has 1 nitrogen and oxygen atoms in total. The van der Waals surface area contributed by atoms with Crippen LogP contribution in [0.15, 0.2) is 31.0 Å². The van der Waals surface area contributed by atoms with Crippen LogP contribution in [0.25, 0.3) is 4.48 Å². The second kappa shape index (κ2) is 2.78. The lowest BCUT2D eigenvalue weighted by Gasteiger charge is -1.91. The smallest absolute Gasteiger partial charge is 0.0765 e. The molecule has 1 heterocycles. The number of halogens is 1. The summed E-state index contributed by atoms with van der Waals surface area (Å²) in [5.41, 5.74) is 0.887.